The van der Waals surface area contributed by atoms with E-state index in [0.717, 1.165) is 32.1 Å². The van der Waals surface area contributed by atoms with Gasteiger partial charge in [0.1, 0.15) is 0 Å². The Labute approximate surface area is 142 Å². The molecule has 1 aromatic rings. The molecule has 0 heterocycles. The molecule has 0 unspecified atom stereocenters. The monoisotopic (exact) mass is 363 g/mol. The van der Waals surface area contributed by atoms with Gasteiger partial charge in [0.05, 0.1) is 4.92 Å². The number of rotatable bonds is 5. The molecule has 1 aliphatic carbocycles. The minimum atomic E-state index is -3.98. The lowest BCUT2D eigenvalue weighted by Crippen LogP contribution is -2.51. The third-order valence-electron chi connectivity index (χ3n) is 4.12. The van der Waals surface area contributed by atoms with E-state index in [1.54, 1.807) is 13.0 Å². The average Bonchev–Trinajstić information content (AvgIpc) is 2.46. The molecule has 1 saturated carbocycles. The molecule has 0 aliphatic heterocycles. The summed E-state index contributed by atoms with van der Waals surface area (Å²) >= 11 is 0. The standard InChI is InChI=1S/C14H21N3O4S.ClH/c1-11-6-5-7-12(17(18)19)13(11)22(20,21)16-10-14(15)8-3-2-4-9-14;/h5-7,16H,2-4,8-10,15H2,1H3;1H. The zero-order valence-corrected chi connectivity index (χ0v) is 14.6. The molecule has 0 amide bonds. The van der Waals surface area contributed by atoms with Gasteiger partial charge in [0.2, 0.25) is 10.0 Å². The Hall–Kier alpha value is -1.22. The molecular formula is C14H22ClN3O4S. The van der Waals surface area contributed by atoms with Crippen molar-refractivity contribution < 1.29 is 13.3 Å². The molecule has 2 rings (SSSR count). The first-order valence-corrected chi connectivity index (χ1v) is 8.76. The Morgan fingerprint density at radius 2 is 1.91 bits per heavy atom. The van der Waals surface area contributed by atoms with Gasteiger partial charge >= 0.3 is 0 Å². The van der Waals surface area contributed by atoms with E-state index in [-0.39, 0.29) is 23.8 Å². The molecule has 1 fully saturated rings. The molecular weight excluding hydrogens is 342 g/mol. The van der Waals surface area contributed by atoms with Crippen LogP contribution in [0.2, 0.25) is 0 Å². The van der Waals surface area contributed by atoms with Crippen molar-refractivity contribution in [3.63, 3.8) is 0 Å². The quantitative estimate of drug-likeness (QED) is 0.615. The van der Waals surface area contributed by atoms with E-state index in [4.69, 9.17) is 5.73 Å². The van der Waals surface area contributed by atoms with Crippen LogP contribution in [0.4, 0.5) is 5.69 Å². The van der Waals surface area contributed by atoms with Crippen molar-refractivity contribution in [2.45, 2.75) is 49.5 Å². The zero-order valence-electron chi connectivity index (χ0n) is 12.9. The van der Waals surface area contributed by atoms with Crippen molar-refractivity contribution >= 4 is 28.1 Å². The second kappa shape index (κ2) is 7.57. The van der Waals surface area contributed by atoms with E-state index in [1.165, 1.54) is 12.1 Å². The molecule has 0 aromatic heterocycles. The fourth-order valence-electron chi connectivity index (χ4n) is 2.87. The molecule has 0 saturated heterocycles. The number of nitro groups is 1. The number of nitrogens with two attached hydrogens (primary N) is 1. The molecule has 0 bridgehead atoms. The van der Waals surface area contributed by atoms with E-state index >= 15 is 0 Å². The van der Waals surface area contributed by atoms with E-state index in [1.807, 2.05) is 0 Å². The van der Waals surface area contributed by atoms with E-state index in [0.29, 0.717) is 5.56 Å². The van der Waals surface area contributed by atoms with Crippen LogP contribution < -0.4 is 10.5 Å². The Kier molecular flexibility index (Phi) is 6.52. The summed E-state index contributed by atoms with van der Waals surface area (Å²) in [6.07, 6.45) is 4.57. The zero-order chi connectivity index (χ0) is 16.4. The third kappa shape index (κ3) is 4.63. The number of nitrogens with zero attached hydrogens (tertiary/aromatic N) is 1. The van der Waals surface area contributed by atoms with Crippen LogP contribution in [0.25, 0.3) is 0 Å². The maximum Gasteiger partial charge on any atom is 0.289 e. The van der Waals surface area contributed by atoms with Crippen molar-refractivity contribution in [3.8, 4) is 0 Å². The second-order valence-corrected chi connectivity index (χ2v) is 7.63. The molecule has 130 valence electrons. The van der Waals surface area contributed by atoms with Crippen LogP contribution >= 0.6 is 12.4 Å². The van der Waals surface area contributed by atoms with Crippen LogP contribution in [0.5, 0.6) is 0 Å². The average molecular weight is 364 g/mol. The van der Waals surface area contributed by atoms with Gasteiger partial charge in [-0.3, -0.25) is 10.1 Å². The van der Waals surface area contributed by atoms with Crippen LogP contribution in [0, 0.1) is 17.0 Å². The first-order chi connectivity index (χ1) is 10.3. The van der Waals surface area contributed by atoms with Crippen LogP contribution in [0.1, 0.15) is 37.7 Å². The lowest BCUT2D eigenvalue weighted by Gasteiger charge is -2.33. The van der Waals surface area contributed by atoms with Gasteiger partial charge in [0.15, 0.2) is 4.90 Å². The largest absolute Gasteiger partial charge is 0.324 e. The number of hydrogen-bond acceptors (Lipinski definition) is 5. The first-order valence-electron chi connectivity index (χ1n) is 7.28. The summed E-state index contributed by atoms with van der Waals surface area (Å²) in [6.45, 7) is 1.64. The van der Waals surface area contributed by atoms with Gasteiger partial charge in [0.25, 0.3) is 5.69 Å². The Balaban J connectivity index is 0.00000264. The molecule has 23 heavy (non-hydrogen) atoms. The molecule has 7 nitrogen and oxygen atoms in total. The number of benzene rings is 1. The maximum atomic E-state index is 12.5. The fourth-order valence-corrected chi connectivity index (χ4v) is 4.41. The van der Waals surface area contributed by atoms with Gasteiger partial charge in [-0.1, -0.05) is 31.4 Å². The molecule has 3 N–H and O–H groups in total. The highest BCUT2D eigenvalue weighted by Gasteiger charge is 2.32. The predicted octanol–water partition coefficient (Wildman–Crippen LogP) is 2.26. The molecule has 1 aliphatic rings. The first kappa shape index (κ1) is 19.8. The lowest BCUT2D eigenvalue weighted by atomic mass is 9.83. The topological polar surface area (TPSA) is 115 Å². The van der Waals surface area contributed by atoms with Crippen molar-refractivity contribution in [1.29, 1.82) is 0 Å². The van der Waals surface area contributed by atoms with Gasteiger partial charge in [-0.05, 0) is 25.3 Å². The van der Waals surface area contributed by atoms with Crippen molar-refractivity contribution in [3.05, 3.63) is 33.9 Å². The molecule has 0 radical (unpaired) electrons. The summed E-state index contributed by atoms with van der Waals surface area (Å²) in [6, 6.07) is 4.21. The predicted molar refractivity (Wildman–Crippen MR) is 90.3 cm³/mol. The van der Waals surface area contributed by atoms with Gasteiger partial charge < -0.3 is 5.73 Å². The van der Waals surface area contributed by atoms with Crippen molar-refractivity contribution in [1.82, 2.24) is 4.72 Å². The van der Waals surface area contributed by atoms with Crippen LogP contribution in [0.15, 0.2) is 23.1 Å². The van der Waals surface area contributed by atoms with Crippen LogP contribution in [0.3, 0.4) is 0 Å². The summed E-state index contributed by atoms with van der Waals surface area (Å²) in [5.74, 6) is 0. The SMILES string of the molecule is Cc1cccc([N+](=O)[O-])c1S(=O)(=O)NCC1(N)CCCCC1.Cl. The Morgan fingerprint density at radius 3 is 2.48 bits per heavy atom. The maximum absolute atomic E-state index is 12.5. The Bertz CT molecular complexity index is 673. The minimum absolute atomic E-state index is 0. The highest BCUT2D eigenvalue weighted by atomic mass is 35.5. The normalized spacial score (nSPS) is 17.3. The number of nitro benzene ring substituents is 1. The number of halogens is 1. The van der Waals surface area contributed by atoms with Crippen molar-refractivity contribution in [2.75, 3.05) is 6.54 Å². The summed E-state index contributed by atoms with van der Waals surface area (Å²) in [5, 5.41) is 11.1. The highest BCUT2D eigenvalue weighted by molar-refractivity contribution is 7.89. The Morgan fingerprint density at radius 1 is 1.30 bits per heavy atom. The van der Waals surface area contributed by atoms with E-state index in [2.05, 4.69) is 4.72 Å². The van der Waals surface area contributed by atoms with Gasteiger partial charge in [-0.2, -0.15) is 0 Å². The number of aryl methyl sites for hydroxylation is 1. The molecule has 0 atom stereocenters. The second-order valence-electron chi connectivity index (χ2n) is 5.93. The number of hydrogen-bond donors (Lipinski definition) is 2. The minimum Gasteiger partial charge on any atom is -0.324 e. The molecule has 9 heteroatoms. The smallest absolute Gasteiger partial charge is 0.289 e. The van der Waals surface area contributed by atoms with E-state index in [9.17, 15) is 18.5 Å². The van der Waals surface area contributed by atoms with Gasteiger partial charge in [-0.15, -0.1) is 12.4 Å². The number of sulfonamides is 1. The summed E-state index contributed by atoms with van der Waals surface area (Å²) in [4.78, 5) is 10.1. The molecule has 0 spiro atoms. The van der Waals surface area contributed by atoms with Gasteiger partial charge in [0, 0.05) is 18.2 Å². The summed E-state index contributed by atoms with van der Waals surface area (Å²) in [5.41, 5.74) is 5.58. The van der Waals surface area contributed by atoms with Crippen molar-refractivity contribution in [2.24, 2.45) is 5.73 Å². The van der Waals surface area contributed by atoms with Gasteiger partial charge in [-0.25, -0.2) is 13.1 Å². The summed E-state index contributed by atoms with van der Waals surface area (Å²) in [7, 11) is -3.98. The van der Waals surface area contributed by atoms with Crippen LogP contribution in [-0.4, -0.2) is 25.4 Å². The number of nitrogens with one attached hydrogen (secondary N) is 1. The highest BCUT2D eigenvalue weighted by Crippen LogP contribution is 2.29. The van der Waals surface area contributed by atoms with Crippen LogP contribution in [-0.2, 0) is 10.0 Å². The molecule has 1 aromatic carbocycles. The fraction of sp³-hybridized carbons (Fsp3) is 0.571. The lowest BCUT2D eigenvalue weighted by molar-refractivity contribution is -0.387. The third-order valence-corrected chi connectivity index (χ3v) is 5.71. The van der Waals surface area contributed by atoms with E-state index < -0.39 is 26.2 Å². The summed E-state index contributed by atoms with van der Waals surface area (Å²) < 4.78 is 27.4.